The van der Waals surface area contributed by atoms with E-state index in [0.29, 0.717) is 5.92 Å². The number of hydrogen-bond acceptors (Lipinski definition) is 2. The molecule has 1 aliphatic heterocycles. The Morgan fingerprint density at radius 1 is 1.28 bits per heavy atom. The molecule has 2 unspecified atom stereocenters. The normalized spacial score (nSPS) is 29.6. The summed E-state index contributed by atoms with van der Waals surface area (Å²) in [6, 6.07) is 10.5. The molecule has 0 bridgehead atoms. The number of benzene rings is 1. The van der Waals surface area contributed by atoms with Gasteiger partial charge in [0.15, 0.2) is 0 Å². The molecule has 1 saturated heterocycles. The minimum atomic E-state index is -0.229. The van der Waals surface area contributed by atoms with Gasteiger partial charge in [-0.05, 0) is 50.5 Å². The molecule has 1 spiro atoms. The lowest BCUT2D eigenvalue weighted by molar-refractivity contribution is -0.151. The highest BCUT2D eigenvalue weighted by molar-refractivity contribution is 5.24. The van der Waals surface area contributed by atoms with Crippen LogP contribution in [-0.4, -0.2) is 12.2 Å². The number of rotatable bonds is 2. The van der Waals surface area contributed by atoms with Gasteiger partial charge in [-0.3, -0.25) is 0 Å². The maximum atomic E-state index is 6.66. The van der Waals surface area contributed by atoms with E-state index in [2.05, 4.69) is 37.3 Å². The van der Waals surface area contributed by atoms with Crippen LogP contribution in [0.4, 0.5) is 0 Å². The molecule has 1 saturated carbocycles. The molecule has 1 aromatic rings. The summed E-state index contributed by atoms with van der Waals surface area (Å²) in [7, 11) is 0. The van der Waals surface area contributed by atoms with Crippen molar-refractivity contribution in [1.82, 2.24) is 0 Å². The maximum absolute atomic E-state index is 6.66. The van der Waals surface area contributed by atoms with Crippen molar-refractivity contribution < 1.29 is 4.74 Å². The Kier molecular flexibility index (Phi) is 2.95. The number of nitrogens with two attached hydrogens (primary N) is 1. The Morgan fingerprint density at radius 3 is 2.61 bits per heavy atom. The quantitative estimate of drug-likeness (QED) is 0.868. The second-order valence-corrected chi connectivity index (χ2v) is 6.22. The van der Waals surface area contributed by atoms with Gasteiger partial charge in [-0.15, -0.1) is 0 Å². The van der Waals surface area contributed by atoms with E-state index in [1.54, 1.807) is 0 Å². The largest absolute Gasteiger partial charge is 0.375 e. The van der Waals surface area contributed by atoms with Crippen LogP contribution in [0.1, 0.15) is 44.6 Å². The van der Waals surface area contributed by atoms with Gasteiger partial charge in [-0.2, -0.15) is 0 Å². The molecule has 0 amide bonds. The smallest absolute Gasteiger partial charge is 0.0686 e. The molecule has 1 aromatic carbocycles. The molecule has 0 radical (unpaired) electrons. The summed E-state index contributed by atoms with van der Waals surface area (Å²) in [5.41, 5.74) is 7.86. The van der Waals surface area contributed by atoms with Gasteiger partial charge in [0.05, 0.1) is 5.60 Å². The zero-order valence-corrected chi connectivity index (χ0v) is 11.2. The third-order valence-electron chi connectivity index (χ3n) is 5.00. The van der Waals surface area contributed by atoms with Crippen molar-refractivity contribution >= 4 is 0 Å². The summed E-state index contributed by atoms with van der Waals surface area (Å²) in [6.45, 7) is 3.06. The van der Waals surface area contributed by atoms with Crippen LogP contribution in [-0.2, 0) is 10.3 Å². The fraction of sp³-hybridized carbons (Fsp3) is 0.625. The minimum Gasteiger partial charge on any atom is -0.375 e. The summed E-state index contributed by atoms with van der Waals surface area (Å²) in [6.07, 6.45) is 6.00. The van der Waals surface area contributed by atoms with Crippen molar-refractivity contribution in [3.8, 4) is 0 Å². The predicted molar refractivity (Wildman–Crippen MR) is 73.2 cm³/mol. The average Bonchev–Trinajstić information content (AvgIpc) is 2.38. The first kappa shape index (κ1) is 12.2. The zero-order valence-electron chi connectivity index (χ0n) is 11.2. The van der Waals surface area contributed by atoms with Gasteiger partial charge in [0.2, 0.25) is 0 Å². The van der Waals surface area contributed by atoms with Crippen LogP contribution in [0.2, 0.25) is 0 Å². The Hall–Kier alpha value is -0.860. The lowest BCUT2D eigenvalue weighted by Gasteiger charge is -2.50. The van der Waals surface area contributed by atoms with Gasteiger partial charge in [0.25, 0.3) is 0 Å². The summed E-state index contributed by atoms with van der Waals surface area (Å²) >= 11 is 0. The summed E-state index contributed by atoms with van der Waals surface area (Å²) in [5.74, 6) is 0.536. The van der Waals surface area contributed by atoms with Gasteiger partial charge in [0.1, 0.15) is 0 Å². The Labute approximate surface area is 110 Å². The van der Waals surface area contributed by atoms with Crippen LogP contribution in [0, 0.1) is 5.92 Å². The minimum absolute atomic E-state index is 0.179. The first-order chi connectivity index (χ1) is 8.62. The van der Waals surface area contributed by atoms with E-state index in [0.717, 1.165) is 19.4 Å². The Balaban J connectivity index is 1.80. The van der Waals surface area contributed by atoms with Gasteiger partial charge >= 0.3 is 0 Å². The lowest BCUT2D eigenvalue weighted by atomic mass is 9.66. The summed E-state index contributed by atoms with van der Waals surface area (Å²) < 4.78 is 6.01. The molecule has 2 heteroatoms. The highest BCUT2D eigenvalue weighted by Crippen LogP contribution is 2.48. The van der Waals surface area contributed by atoms with Gasteiger partial charge < -0.3 is 10.5 Å². The summed E-state index contributed by atoms with van der Waals surface area (Å²) in [4.78, 5) is 0. The fourth-order valence-electron chi connectivity index (χ4n) is 3.49. The van der Waals surface area contributed by atoms with E-state index in [1.807, 2.05) is 0 Å². The highest BCUT2D eigenvalue weighted by Gasteiger charge is 2.46. The van der Waals surface area contributed by atoms with E-state index in [9.17, 15) is 0 Å². The molecule has 2 aliphatic rings. The van der Waals surface area contributed by atoms with Crippen molar-refractivity contribution in [3.05, 3.63) is 35.9 Å². The Morgan fingerprint density at radius 2 is 2.00 bits per heavy atom. The summed E-state index contributed by atoms with van der Waals surface area (Å²) in [5, 5.41) is 0. The maximum Gasteiger partial charge on any atom is 0.0686 e. The van der Waals surface area contributed by atoms with Gasteiger partial charge in [0, 0.05) is 12.1 Å². The fourth-order valence-corrected chi connectivity index (χ4v) is 3.49. The zero-order chi connectivity index (χ0) is 12.6. The van der Waals surface area contributed by atoms with E-state index >= 15 is 0 Å². The third-order valence-corrected chi connectivity index (χ3v) is 5.00. The molecule has 1 heterocycles. The van der Waals surface area contributed by atoms with Crippen molar-refractivity contribution in [3.63, 3.8) is 0 Å². The van der Waals surface area contributed by atoms with Crippen LogP contribution >= 0.6 is 0 Å². The van der Waals surface area contributed by atoms with E-state index < -0.39 is 0 Å². The standard InChI is InChI=1S/C16H23NO/c1-15(17,13-6-3-2-4-7-13)14-8-11-18-16(12-14)9-5-10-16/h2-4,6-7,14H,5,8-12,17H2,1H3. The second kappa shape index (κ2) is 4.36. The van der Waals surface area contributed by atoms with E-state index in [1.165, 1.54) is 24.8 Å². The number of hydrogen-bond donors (Lipinski definition) is 1. The first-order valence-electron chi connectivity index (χ1n) is 7.11. The van der Waals surface area contributed by atoms with Crippen molar-refractivity contribution in [2.24, 2.45) is 11.7 Å². The molecule has 2 fully saturated rings. The molecule has 2 nitrogen and oxygen atoms in total. The topological polar surface area (TPSA) is 35.2 Å². The molecule has 2 N–H and O–H groups in total. The third kappa shape index (κ3) is 1.98. The SMILES string of the molecule is CC(N)(c1ccccc1)C1CCOC2(CCC2)C1. The molecule has 0 aromatic heterocycles. The van der Waals surface area contributed by atoms with Crippen LogP contribution in [0.25, 0.3) is 0 Å². The molecule has 2 atom stereocenters. The first-order valence-corrected chi connectivity index (χ1v) is 7.11. The van der Waals surface area contributed by atoms with Gasteiger partial charge in [-0.25, -0.2) is 0 Å². The molecule has 98 valence electrons. The average molecular weight is 245 g/mol. The van der Waals surface area contributed by atoms with Crippen LogP contribution in [0.3, 0.4) is 0 Å². The van der Waals surface area contributed by atoms with Crippen LogP contribution < -0.4 is 5.73 Å². The van der Waals surface area contributed by atoms with Gasteiger partial charge in [-0.1, -0.05) is 30.3 Å². The predicted octanol–water partition coefficient (Wildman–Crippen LogP) is 3.21. The monoisotopic (exact) mass is 245 g/mol. The van der Waals surface area contributed by atoms with Crippen molar-refractivity contribution in [2.75, 3.05) is 6.61 Å². The van der Waals surface area contributed by atoms with E-state index in [4.69, 9.17) is 10.5 Å². The second-order valence-electron chi connectivity index (χ2n) is 6.22. The van der Waals surface area contributed by atoms with E-state index in [-0.39, 0.29) is 11.1 Å². The van der Waals surface area contributed by atoms with Crippen LogP contribution in [0.15, 0.2) is 30.3 Å². The van der Waals surface area contributed by atoms with Crippen molar-refractivity contribution in [1.29, 1.82) is 0 Å². The molecule has 18 heavy (non-hydrogen) atoms. The molecule has 1 aliphatic carbocycles. The number of ether oxygens (including phenoxy) is 1. The lowest BCUT2D eigenvalue weighted by Crippen LogP contribution is -2.52. The Bertz CT molecular complexity index is 408. The molecular weight excluding hydrogens is 222 g/mol. The molecule has 3 rings (SSSR count). The highest BCUT2D eigenvalue weighted by atomic mass is 16.5. The van der Waals surface area contributed by atoms with Crippen LogP contribution in [0.5, 0.6) is 0 Å². The molecular formula is C16H23NO. The van der Waals surface area contributed by atoms with Crippen molar-refractivity contribution in [2.45, 2.75) is 50.2 Å².